The molecule has 0 spiro atoms. The summed E-state index contributed by atoms with van der Waals surface area (Å²) in [5.41, 5.74) is 0.884. The number of benzene rings is 1. The Balaban J connectivity index is 2.16. The first-order chi connectivity index (χ1) is 10.1. The average molecular weight is 287 g/mol. The molecule has 2 rings (SSSR count). The smallest absolute Gasteiger partial charge is 0.227 e. The summed E-state index contributed by atoms with van der Waals surface area (Å²) >= 11 is 0. The number of ether oxygens (including phenoxy) is 2. The standard InChI is InChI=1S/C16H21N3O2/c1-5-10-20-13-6-8-14(9-7-13)21-16-11(2)15(17-4)18-12(3)19-16/h6-9H,5,10H2,1-4H3,(H,17,18,19). The van der Waals surface area contributed by atoms with E-state index in [0.29, 0.717) is 11.7 Å². The maximum atomic E-state index is 5.85. The Kier molecular flexibility index (Phi) is 4.98. The van der Waals surface area contributed by atoms with E-state index in [9.17, 15) is 0 Å². The molecule has 1 aromatic carbocycles. The van der Waals surface area contributed by atoms with Gasteiger partial charge in [-0.3, -0.25) is 0 Å². The van der Waals surface area contributed by atoms with Crippen LogP contribution in [-0.4, -0.2) is 23.6 Å². The molecule has 1 aromatic heterocycles. The number of hydrogen-bond acceptors (Lipinski definition) is 5. The van der Waals surface area contributed by atoms with Gasteiger partial charge in [-0.25, -0.2) is 4.98 Å². The van der Waals surface area contributed by atoms with Gasteiger partial charge in [-0.2, -0.15) is 4.98 Å². The van der Waals surface area contributed by atoms with Gasteiger partial charge < -0.3 is 14.8 Å². The van der Waals surface area contributed by atoms with Crippen LogP contribution >= 0.6 is 0 Å². The quantitative estimate of drug-likeness (QED) is 0.877. The summed E-state index contributed by atoms with van der Waals surface area (Å²) in [7, 11) is 1.83. The fraction of sp³-hybridized carbons (Fsp3) is 0.375. The van der Waals surface area contributed by atoms with Crippen LogP contribution in [0.2, 0.25) is 0 Å². The van der Waals surface area contributed by atoms with Crippen molar-refractivity contribution in [3.63, 3.8) is 0 Å². The molecule has 0 radical (unpaired) electrons. The van der Waals surface area contributed by atoms with E-state index < -0.39 is 0 Å². The van der Waals surface area contributed by atoms with Gasteiger partial charge in [-0.15, -0.1) is 0 Å². The number of aromatic nitrogens is 2. The Hall–Kier alpha value is -2.30. The van der Waals surface area contributed by atoms with Crippen LogP contribution in [-0.2, 0) is 0 Å². The number of hydrogen-bond donors (Lipinski definition) is 1. The van der Waals surface area contributed by atoms with E-state index in [0.717, 1.165) is 35.9 Å². The molecule has 2 aromatic rings. The summed E-state index contributed by atoms with van der Waals surface area (Å²) < 4.78 is 11.4. The molecule has 21 heavy (non-hydrogen) atoms. The largest absolute Gasteiger partial charge is 0.494 e. The Labute approximate surface area is 125 Å². The van der Waals surface area contributed by atoms with Gasteiger partial charge in [-0.1, -0.05) is 6.92 Å². The normalized spacial score (nSPS) is 10.3. The molecule has 0 aliphatic carbocycles. The van der Waals surface area contributed by atoms with Crippen molar-refractivity contribution < 1.29 is 9.47 Å². The summed E-state index contributed by atoms with van der Waals surface area (Å²) in [5, 5.41) is 3.04. The van der Waals surface area contributed by atoms with Crippen LogP contribution in [0.5, 0.6) is 17.4 Å². The van der Waals surface area contributed by atoms with Crippen molar-refractivity contribution in [3.8, 4) is 17.4 Å². The molecule has 0 amide bonds. The van der Waals surface area contributed by atoms with E-state index >= 15 is 0 Å². The monoisotopic (exact) mass is 287 g/mol. The highest BCUT2D eigenvalue weighted by atomic mass is 16.5. The molecule has 0 bridgehead atoms. The summed E-state index contributed by atoms with van der Waals surface area (Å²) in [6.07, 6.45) is 0.991. The van der Waals surface area contributed by atoms with Crippen LogP contribution in [0.3, 0.4) is 0 Å². The predicted octanol–water partition coefficient (Wildman–Crippen LogP) is 3.72. The predicted molar refractivity (Wildman–Crippen MR) is 83.4 cm³/mol. The van der Waals surface area contributed by atoms with E-state index in [-0.39, 0.29) is 0 Å². The van der Waals surface area contributed by atoms with E-state index in [1.54, 1.807) is 0 Å². The van der Waals surface area contributed by atoms with Crippen molar-refractivity contribution in [2.45, 2.75) is 27.2 Å². The molecule has 112 valence electrons. The molecule has 0 fully saturated rings. The summed E-state index contributed by atoms with van der Waals surface area (Å²) in [4.78, 5) is 8.66. The molecule has 0 aliphatic heterocycles. The van der Waals surface area contributed by atoms with E-state index in [1.165, 1.54) is 0 Å². The first kappa shape index (κ1) is 15.1. The van der Waals surface area contributed by atoms with Crippen LogP contribution < -0.4 is 14.8 Å². The van der Waals surface area contributed by atoms with Gasteiger partial charge in [-0.05, 0) is 44.5 Å². The average Bonchev–Trinajstić information content (AvgIpc) is 2.49. The first-order valence-electron chi connectivity index (χ1n) is 7.07. The molecule has 1 N–H and O–H groups in total. The second-order valence-corrected chi connectivity index (χ2v) is 4.72. The Morgan fingerprint density at radius 3 is 2.33 bits per heavy atom. The van der Waals surface area contributed by atoms with E-state index in [2.05, 4.69) is 22.2 Å². The first-order valence-corrected chi connectivity index (χ1v) is 7.07. The fourth-order valence-corrected chi connectivity index (χ4v) is 1.88. The van der Waals surface area contributed by atoms with E-state index in [4.69, 9.17) is 9.47 Å². The van der Waals surface area contributed by atoms with Crippen molar-refractivity contribution in [2.24, 2.45) is 0 Å². The molecule has 1 heterocycles. The third-order valence-corrected chi connectivity index (χ3v) is 2.96. The number of rotatable bonds is 6. The lowest BCUT2D eigenvalue weighted by atomic mass is 10.3. The Morgan fingerprint density at radius 2 is 1.71 bits per heavy atom. The third-order valence-electron chi connectivity index (χ3n) is 2.96. The van der Waals surface area contributed by atoms with Crippen LogP contribution in [0, 0.1) is 13.8 Å². The second kappa shape index (κ2) is 6.92. The Morgan fingerprint density at radius 1 is 1.05 bits per heavy atom. The minimum atomic E-state index is 0.564. The van der Waals surface area contributed by atoms with Crippen molar-refractivity contribution in [3.05, 3.63) is 35.7 Å². The Bertz CT molecular complexity index is 597. The van der Waals surface area contributed by atoms with Gasteiger partial charge in [0.05, 0.1) is 12.2 Å². The number of anilines is 1. The third kappa shape index (κ3) is 3.84. The van der Waals surface area contributed by atoms with Gasteiger partial charge in [0.1, 0.15) is 23.1 Å². The van der Waals surface area contributed by atoms with Crippen molar-refractivity contribution in [2.75, 3.05) is 19.0 Å². The SMILES string of the molecule is CCCOc1ccc(Oc2nc(C)nc(NC)c2C)cc1. The fourth-order valence-electron chi connectivity index (χ4n) is 1.88. The molecular formula is C16H21N3O2. The highest BCUT2D eigenvalue weighted by Crippen LogP contribution is 2.28. The van der Waals surface area contributed by atoms with Gasteiger partial charge in [0.15, 0.2) is 0 Å². The highest BCUT2D eigenvalue weighted by Gasteiger charge is 2.10. The lowest BCUT2D eigenvalue weighted by Gasteiger charge is -2.12. The highest BCUT2D eigenvalue weighted by molar-refractivity contribution is 5.49. The van der Waals surface area contributed by atoms with Crippen LogP contribution in [0.4, 0.5) is 5.82 Å². The van der Waals surface area contributed by atoms with E-state index in [1.807, 2.05) is 45.2 Å². The van der Waals surface area contributed by atoms with Crippen molar-refractivity contribution in [1.29, 1.82) is 0 Å². The molecular weight excluding hydrogens is 266 g/mol. The van der Waals surface area contributed by atoms with Gasteiger partial charge in [0.25, 0.3) is 0 Å². The maximum absolute atomic E-state index is 5.85. The molecule has 5 nitrogen and oxygen atoms in total. The van der Waals surface area contributed by atoms with Gasteiger partial charge >= 0.3 is 0 Å². The topological polar surface area (TPSA) is 56.3 Å². The zero-order valence-corrected chi connectivity index (χ0v) is 12.9. The summed E-state index contributed by atoms with van der Waals surface area (Å²) in [6.45, 7) is 6.57. The maximum Gasteiger partial charge on any atom is 0.227 e. The summed E-state index contributed by atoms with van der Waals surface area (Å²) in [5.74, 6) is 3.58. The van der Waals surface area contributed by atoms with Crippen LogP contribution in [0.1, 0.15) is 24.7 Å². The van der Waals surface area contributed by atoms with Gasteiger partial charge in [0.2, 0.25) is 5.88 Å². The number of nitrogens with one attached hydrogen (secondary N) is 1. The molecule has 0 saturated carbocycles. The molecule has 0 saturated heterocycles. The lowest BCUT2D eigenvalue weighted by Crippen LogP contribution is -2.03. The molecule has 0 unspecified atom stereocenters. The summed E-state index contributed by atoms with van der Waals surface area (Å²) in [6, 6.07) is 7.54. The number of nitrogens with zero attached hydrogens (tertiary/aromatic N) is 2. The van der Waals surface area contributed by atoms with Gasteiger partial charge in [0, 0.05) is 7.05 Å². The van der Waals surface area contributed by atoms with Crippen LogP contribution in [0.15, 0.2) is 24.3 Å². The minimum absolute atomic E-state index is 0.564. The molecule has 0 aliphatic rings. The van der Waals surface area contributed by atoms with Crippen LogP contribution in [0.25, 0.3) is 0 Å². The number of aryl methyl sites for hydroxylation is 1. The molecule has 0 atom stereocenters. The zero-order valence-electron chi connectivity index (χ0n) is 12.9. The zero-order chi connectivity index (χ0) is 15.2. The second-order valence-electron chi connectivity index (χ2n) is 4.72. The lowest BCUT2D eigenvalue weighted by molar-refractivity contribution is 0.317. The molecule has 5 heteroatoms. The minimum Gasteiger partial charge on any atom is -0.494 e. The van der Waals surface area contributed by atoms with Crippen molar-refractivity contribution in [1.82, 2.24) is 9.97 Å². The van der Waals surface area contributed by atoms with Crippen molar-refractivity contribution >= 4 is 5.82 Å².